The molecule has 0 spiro atoms. The van der Waals surface area contributed by atoms with Gasteiger partial charge < -0.3 is 19.8 Å². The smallest absolute Gasteiger partial charge is 0.246 e. The summed E-state index contributed by atoms with van der Waals surface area (Å²) in [4.78, 5) is 12.6. The second-order valence-corrected chi connectivity index (χ2v) is 6.51. The molecule has 0 fully saturated rings. The minimum atomic E-state index is -0.540. The monoisotopic (exact) mass is 378 g/mol. The van der Waals surface area contributed by atoms with E-state index >= 15 is 0 Å². The molecular formula is C22H19FN2O3. The topological polar surface area (TPSA) is 63.5 Å². The van der Waals surface area contributed by atoms with Crippen LogP contribution < -0.4 is 15.4 Å². The van der Waals surface area contributed by atoms with Gasteiger partial charge in [0.05, 0.1) is 12.8 Å². The predicted molar refractivity (Wildman–Crippen MR) is 108 cm³/mol. The van der Waals surface area contributed by atoms with Crippen LogP contribution in [0.2, 0.25) is 0 Å². The number of methoxy groups -OCH3 is 1. The third-order valence-corrected chi connectivity index (χ3v) is 4.58. The van der Waals surface area contributed by atoms with E-state index < -0.39 is 6.04 Å². The number of benzene rings is 3. The molecule has 0 bridgehead atoms. The zero-order chi connectivity index (χ0) is 19.7. The number of amides is 1. The summed E-state index contributed by atoms with van der Waals surface area (Å²) in [5.74, 6) is -0.0361. The molecule has 28 heavy (non-hydrogen) atoms. The quantitative estimate of drug-likeness (QED) is 0.503. The lowest BCUT2D eigenvalue weighted by Gasteiger charge is -2.16. The number of fused-ring (bicyclic) bond motifs is 3. The van der Waals surface area contributed by atoms with Crippen LogP contribution in [0, 0.1) is 5.82 Å². The first kappa shape index (κ1) is 17.9. The van der Waals surface area contributed by atoms with Crippen molar-refractivity contribution in [1.82, 2.24) is 0 Å². The number of hydrogen-bond acceptors (Lipinski definition) is 4. The highest BCUT2D eigenvalue weighted by atomic mass is 19.1. The zero-order valence-corrected chi connectivity index (χ0v) is 15.5. The lowest BCUT2D eigenvalue weighted by atomic mass is 10.1. The van der Waals surface area contributed by atoms with Gasteiger partial charge in [-0.05, 0) is 43.3 Å². The van der Waals surface area contributed by atoms with E-state index in [2.05, 4.69) is 10.6 Å². The van der Waals surface area contributed by atoms with Crippen LogP contribution in [0.25, 0.3) is 21.9 Å². The van der Waals surface area contributed by atoms with Gasteiger partial charge >= 0.3 is 0 Å². The molecule has 1 aromatic heterocycles. The van der Waals surface area contributed by atoms with Gasteiger partial charge in [-0.2, -0.15) is 0 Å². The molecule has 1 atom stereocenters. The van der Waals surface area contributed by atoms with Gasteiger partial charge in [0, 0.05) is 22.5 Å². The summed E-state index contributed by atoms with van der Waals surface area (Å²) < 4.78 is 24.4. The van der Waals surface area contributed by atoms with Gasteiger partial charge in [0.15, 0.2) is 0 Å². The highest BCUT2D eigenvalue weighted by Crippen LogP contribution is 2.36. The van der Waals surface area contributed by atoms with Crippen LogP contribution in [0.5, 0.6) is 5.75 Å². The maximum Gasteiger partial charge on any atom is 0.246 e. The summed E-state index contributed by atoms with van der Waals surface area (Å²) >= 11 is 0. The average Bonchev–Trinajstić information content (AvgIpc) is 3.06. The highest BCUT2D eigenvalue weighted by molar-refractivity contribution is 6.08. The molecule has 0 aliphatic heterocycles. The lowest BCUT2D eigenvalue weighted by molar-refractivity contribution is -0.116. The molecule has 1 amide bonds. The number of anilines is 2. The predicted octanol–water partition coefficient (Wildman–Crippen LogP) is 5.17. The van der Waals surface area contributed by atoms with Crippen molar-refractivity contribution >= 4 is 39.2 Å². The largest absolute Gasteiger partial charge is 0.495 e. The van der Waals surface area contributed by atoms with E-state index in [1.807, 2.05) is 30.3 Å². The molecule has 4 aromatic rings. The van der Waals surface area contributed by atoms with Crippen LogP contribution in [0.4, 0.5) is 15.8 Å². The summed E-state index contributed by atoms with van der Waals surface area (Å²) in [6.07, 6.45) is 0. The molecule has 3 aromatic carbocycles. The Hall–Kier alpha value is -3.54. The molecule has 4 rings (SSSR count). The van der Waals surface area contributed by atoms with Gasteiger partial charge in [-0.15, -0.1) is 0 Å². The Labute approximate surface area is 161 Å². The molecule has 0 aliphatic carbocycles. The molecule has 0 saturated carbocycles. The van der Waals surface area contributed by atoms with Crippen molar-refractivity contribution in [2.24, 2.45) is 0 Å². The fraction of sp³-hybridized carbons (Fsp3) is 0.136. The minimum absolute atomic E-state index is 0.252. The van der Waals surface area contributed by atoms with Crippen LogP contribution in [0.15, 0.2) is 65.1 Å². The Balaban J connectivity index is 1.59. The number of carbonyl (C=O) groups is 1. The number of carbonyl (C=O) groups excluding carboxylic acids is 1. The summed E-state index contributed by atoms with van der Waals surface area (Å²) in [6, 6.07) is 16.7. The Morgan fingerprint density at radius 1 is 1.04 bits per heavy atom. The minimum Gasteiger partial charge on any atom is -0.495 e. The highest BCUT2D eigenvalue weighted by Gasteiger charge is 2.17. The van der Waals surface area contributed by atoms with Crippen molar-refractivity contribution in [3.63, 3.8) is 0 Å². The standard InChI is InChI=1S/C22H19FN2O3/c1-13(24-15-9-7-14(23)8-10-15)22(26)25-18-12-20-17(11-21(18)27-2)16-5-3-4-6-19(16)28-20/h3-13,24H,1-2H3,(H,25,26)/t13-/m1/s1. The van der Waals surface area contributed by atoms with Crippen molar-refractivity contribution in [2.45, 2.75) is 13.0 Å². The third-order valence-electron chi connectivity index (χ3n) is 4.58. The summed E-state index contributed by atoms with van der Waals surface area (Å²) in [5, 5.41) is 7.82. The van der Waals surface area contributed by atoms with E-state index in [-0.39, 0.29) is 11.7 Å². The number of para-hydroxylation sites is 1. The van der Waals surface area contributed by atoms with Crippen molar-refractivity contribution in [3.8, 4) is 5.75 Å². The molecule has 0 saturated heterocycles. The first-order valence-electron chi connectivity index (χ1n) is 8.87. The molecule has 5 nitrogen and oxygen atoms in total. The second-order valence-electron chi connectivity index (χ2n) is 6.51. The Kier molecular flexibility index (Phi) is 4.61. The van der Waals surface area contributed by atoms with E-state index in [0.717, 1.165) is 16.4 Å². The maximum atomic E-state index is 13.0. The van der Waals surface area contributed by atoms with Crippen molar-refractivity contribution in [2.75, 3.05) is 17.7 Å². The molecule has 6 heteroatoms. The van der Waals surface area contributed by atoms with Gasteiger partial charge in [-0.3, -0.25) is 4.79 Å². The average molecular weight is 378 g/mol. The van der Waals surface area contributed by atoms with Crippen LogP contribution in [0.1, 0.15) is 6.92 Å². The molecule has 0 aliphatic rings. The molecule has 0 unspecified atom stereocenters. The maximum absolute atomic E-state index is 13.0. The fourth-order valence-electron chi connectivity index (χ4n) is 3.12. The number of furan rings is 1. The van der Waals surface area contributed by atoms with Crippen molar-refractivity contribution in [1.29, 1.82) is 0 Å². The number of hydrogen-bond donors (Lipinski definition) is 2. The number of ether oxygens (including phenoxy) is 1. The number of nitrogens with one attached hydrogen (secondary N) is 2. The first-order chi connectivity index (χ1) is 13.5. The zero-order valence-electron chi connectivity index (χ0n) is 15.5. The van der Waals surface area contributed by atoms with Crippen LogP contribution in [-0.4, -0.2) is 19.1 Å². The van der Waals surface area contributed by atoms with E-state index in [0.29, 0.717) is 22.7 Å². The summed E-state index contributed by atoms with van der Waals surface area (Å²) in [6.45, 7) is 1.73. The van der Waals surface area contributed by atoms with Crippen molar-refractivity contribution < 1.29 is 18.3 Å². The Morgan fingerprint density at radius 3 is 2.54 bits per heavy atom. The number of halogens is 1. The summed E-state index contributed by atoms with van der Waals surface area (Å²) in [7, 11) is 1.55. The van der Waals surface area contributed by atoms with Gasteiger partial charge in [0.2, 0.25) is 5.91 Å². The molecule has 2 N–H and O–H groups in total. The SMILES string of the molecule is COc1cc2c(cc1NC(=O)[C@@H](C)Nc1ccc(F)cc1)oc1ccccc12. The van der Waals surface area contributed by atoms with Gasteiger partial charge in [-0.1, -0.05) is 18.2 Å². The van der Waals surface area contributed by atoms with Gasteiger partial charge in [-0.25, -0.2) is 4.39 Å². The molecule has 142 valence electrons. The van der Waals surface area contributed by atoms with Crippen molar-refractivity contribution in [3.05, 3.63) is 66.5 Å². The Bertz CT molecular complexity index is 1150. The number of rotatable bonds is 5. The normalized spacial score (nSPS) is 12.1. The van der Waals surface area contributed by atoms with Gasteiger partial charge in [0.25, 0.3) is 0 Å². The summed E-state index contributed by atoms with van der Waals surface area (Å²) in [5.41, 5.74) is 2.61. The van der Waals surface area contributed by atoms with Gasteiger partial charge in [0.1, 0.15) is 28.8 Å². The van der Waals surface area contributed by atoms with Crippen LogP contribution in [0.3, 0.4) is 0 Å². The van der Waals surface area contributed by atoms with E-state index in [9.17, 15) is 9.18 Å². The fourth-order valence-corrected chi connectivity index (χ4v) is 3.12. The van der Waals surface area contributed by atoms with E-state index in [1.165, 1.54) is 12.1 Å². The third kappa shape index (κ3) is 3.36. The molecular weight excluding hydrogens is 359 g/mol. The molecule has 0 radical (unpaired) electrons. The van der Waals surface area contributed by atoms with Crippen LogP contribution >= 0.6 is 0 Å². The first-order valence-corrected chi connectivity index (χ1v) is 8.87. The Morgan fingerprint density at radius 2 is 1.79 bits per heavy atom. The van der Waals surface area contributed by atoms with E-state index in [4.69, 9.17) is 9.15 Å². The lowest BCUT2D eigenvalue weighted by Crippen LogP contribution is -2.32. The second kappa shape index (κ2) is 7.23. The van der Waals surface area contributed by atoms with E-state index in [1.54, 1.807) is 32.2 Å². The van der Waals surface area contributed by atoms with Crippen LogP contribution in [-0.2, 0) is 4.79 Å². The molecule has 1 heterocycles.